The normalized spacial score (nSPS) is 13.6. The molecule has 10 heavy (non-hydrogen) atoms. The first-order valence-corrected chi connectivity index (χ1v) is 3.81. The summed E-state index contributed by atoms with van der Waals surface area (Å²) in [6, 6.07) is 0. The Labute approximate surface area is 69.1 Å². The lowest BCUT2D eigenvalue weighted by atomic mass is 10.4. The lowest BCUT2D eigenvalue weighted by Gasteiger charge is -1.92. The first-order chi connectivity index (χ1) is 4.54. The van der Waals surface area contributed by atoms with Gasteiger partial charge in [0, 0.05) is 16.9 Å². The fourth-order valence-electron chi connectivity index (χ4n) is 0.269. The molecule has 0 N–H and O–H groups in total. The van der Waals surface area contributed by atoms with E-state index in [-0.39, 0.29) is 0 Å². The van der Waals surface area contributed by atoms with Crippen molar-refractivity contribution in [2.75, 3.05) is 0 Å². The molecule has 0 heterocycles. The van der Waals surface area contributed by atoms with Gasteiger partial charge in [0.15, 0.2) is 0 Å². The topological polar surface area (TPSA) is 12.4 Å². The smallest absolute Gasteiger partial charge is 0.0438 e. The van der Waals surface area contributed by atoms with Crippen LogP contribution in [-0.4, -0.2) is 5.71 Å². The van der Waals surface area contributed by atoms with Crippen molar-refractivity contribution in [3.63, 3.8) is 0 Å². The quantitative estimate of drug-likeness (QED) is 0.452. The summed E-state index contributed by atoms with van der Waals surface area (Å²) in [7, 11) is 2.48. The van der Waals surface area contributed by atoms with Crippen molar-refractivity contribution in [3.8, 4) is 0 Å². The third kappa shape index (κ3) is 4.72. The van der Waals surface area contributed by atoms with Crippen LogP contribution in [0.4, 0.5) is 0 Å². The number of allylic oxidation sites excluding steroid dienone is 2. The van der Waals surface area contributed by atoms with Gasteiger partial charge < -0.3 is 0 Å². The summed E-state index contributed by atoms with van der Waals surface area (Å²) in [5.74, 6) is 0. The minimum Gasteiger partial charge on any atom is -0.260 e. The van der Waals surface area contributed by atoms with Crippen molar-refractivity contribution < 1.29 is 0 Å². The number of hydrogen-bond donors (Lipinski definition) is 0. The van der Waals surface area contributed by atoms with Gasteiger partial charge >= 0.3 is 0 Å². The second-order valence-electron chi connectivity index (χ2n) is 1.96. The Hall–Kier alpha value is -0.130. The van der Waals surface area contributed by atoms with Crippen LogP contribution < -0.4 is 0 Å². The molecule has 0 aliphatic heterocycles. The first-order valence-electron chi connectivity index (χ1n) is 2.85. The van der Waals surface area contributed by atoms with Gasteiger partial charge in [-0.15, -0.1) is 9.24 Å². The van der Waals surface area contributed by atoms with Gasteiger partial charge in [0.1, 0.15) is 0 Å². The predicted molar refractivity (Wildman–Crippen MR) is 51.6 cm³/mol. The molecule has 0 spiro atoms. The van der Waals surface area contributed by atoms with E-state index < -0.39 is 0 Å². The Morgan fingerprint density at radius 3 is 2.40 bits per heavy atom. The molecule has 0 radical (unpaired) electrons. The summed E-state index contributed by atoms with van der Waals surface area (Å²) >= 11 is 5.54. The predicted octanol–water partition coefficient (Wildman–Crippen LogP) is 2.94. The summed E-state index contributed by atoms with van der Waals surface area (Å²) in [5, 5.41) is 1.56. The summed E-state index contributed by atoms with van der Waals surface area (Å²) in [6.45, 7) is 7.36. The van der Waals surface area contributed by atoms with E-state index in [1.165, 1.54) is 0 Å². The van der Waals surface area contributed by atoms with Gasteiger partial charge in [-0.25, -0.2) is 0 Å². The monoisotopic (exact) mass is 175 g/mol. The highest BCUT2D eigenvalue weighted by Crippen LogP contribution is 2.05. The van der Waals surface area contributed by atoms with Crippen molar-refractivity contribution in [1.29, 1.82) is 0 Å². The maximum Gasteiger partial charge on any atom is 0.0438 e. The molecule has 1 nitrogen and oxygen atoms in total. The zero-order valence-electron chi connectivity index (χ0n) is 6.19. The molecule has 0 aromatic carbocycles. The SMILES string of the molecule is C=C(P)/C(C)=N\C=C(/C)Cl. The van der Waals surface area contributed by atoms with E-state index in [9.17, 15) is 0 Å². The molecular formula is C7H11ClNP. The summed E-state index contributed by atoms with van der Waals surface area (Å²) in [4.78, 5) is 4.03. The molecule has 56 valence electrons. The minimum absolute atomic E-state index is 0.672. The molecule has 1 unspecified atom stereocenters. The molecular weight excluding hydrogens is 165 g/mol. The largest absolute Gasteiger partial charge is 0.260 e. The number of aliphatic imine (C=N–C) groups is 1. The first kappa shape index (κ1) is 9.87. The van der Waals surface area contributed by atoms with Crippen LogP contribution in [-0.2, 0) is 0 Å². The lowest BCUT2D eigenvalue weighted by molar-refractivity contribution is 1.48. The van der Waals surface area contributed by atoms with Gasteiger partial charge in [-0.1, -0.05) is 18.2 Å². The maximum atomic E-state index is 5.54. The van der Waals surface area contributed by atoms with E-state index in [0.717, 1.165) is 11.0 Å². The van der Waals surface area contributed by atoms with Crippen molar-refractivity contribution in [2.24, 2.45) is 4.99 Å². The van der Waals surface area contributed by atoms with E-state index in [2.05, 4.69) is 20.8 Å². The molecule has 3 heteroatoms. The average molecular weight is 176 g/mol. The van der Waals surface area contributed by atoms with Crippen LogP contribution in [0.3, 0.4) is 0 Å². The molecule has 0 amide bonds. The Balaban J connectivity index is 4.19. The maximum absolute atomic E-state index is 5.54. The third-order valence-electron chi connectivity index (χ3n) is 0.901. The Morgan fingerprint density at radius 1 is 1.60 bits per heavy atom. The van der Waals surface area contributed by atoms with Crippen LogP contribution in [0.2, 0.25) is 0 Å². The molecule has 0 bridgehead atoms. The Bertz CT molecular complexity index is 190. The standard InChI is InChI=1S/C7H11ClNP/c1-5(8)4-9-6(2)7(3)10/h4H,3,10H2,1-2H3/b5-4+,9-6-. The fourth-order valence-corrected chi connectivity index (χ4v) is 0.392. The summed E-state index contributed by atoms with van der Waals surface area (Å²) in [5.41, 5.74) is 0.880. The van der Waals surface area contributed by atoms with E-state index in [1.54, 1.807) is 13.1 Å². The van der Waals surface area contributed by atoms with E-state index in [1.807, 2.05) is 6.92 Å². The highest BCUT2D eigenvalue weighted by atomic mass is 35.5. The van der Waals surface area contributed by atoms with Gasteiger partial charge in [0.2, 0.25) is 0 Å². The molecule has 0 saturated carbocycles. The van der Waals surface area contributed by atoms with Gasteiger partial charge in [-0.2, -0.15) is 0 Å². The average Bonchev–Trinajstić information content (AvgIpc) is 1.82. The van der Waals surface area contributed by atoms with Crippen molar-refractivity contribution in [1.82, 2.24) is 0 Å². The van der Waals surface area contributed by atoms with E-state index in [0.29, 0.717) is 5.03 Å². The molecule has 0 aromatic heterocycles. The molecule has 0 rings (SSSR count). The number of hydrogen-bond acceptors (Lipinski definition) is 1. The fraction of sp³-hybridized carbons (Fsp3) is 0.286. The third-order valence-corrected chi connectivity index (χ3v) is 1.42. The second kappa shape index (κ2) is 4.65. The Kier molecular flexibility index (Phi) is 4.59. The molecule has 1 atom stereocenters. The minimum atomic E-state index is 0.672. The zero-order chi connectivity index (χ0) is 8.15. The molecule has 0 aromatic rings. The van der Waals surface area contributed by atoms with Crippen LogP contribution in [0.25, 0.3) is 0 Å². The van der Waals surface area contributed by atoms with Gasteiger partial charge in [-0.05, 0) is 19.2 Å². The zero-order valence-corrected chi connectivity index (χ0v) is 8.10. The van der Waals surface area contributed by atoms with Crippen LogP contribution in [0, 0.1) is 0 Å². The Morgan fingerprint density at radius 2 is 2.10 bits per heavy atom. The molecule has 0 aliphatic rings. The van der Waals surface area contributed by atoms with Gasteiger partial charge in [0.25, 0.3) is 0 Å². The summed E-state index contributed by atoms with van der Waals surface area (Å²) < 4.78 is 0. The van der Waals surface area contributed by atoms with Crippen LogP contribution in [0.1, 0.15) is 13.8 Å². The highest BCUT2D eigenvalue weighted by Gasteiger charge is 1.87. The van der Waals surface area contributed by atoms with Crippen LogP contribution in [0.15, 0.2) is 28.1 Å². The molecule has 0 fully saturated rings. The van der Waals surface area contributed by atoms with E-state index in [4.69, 9.17) is 11.6 Å². The second-order valence-corrected chi connectivity index (χ2v) is 3.25. The van der Waals surface area contributed by atoms with Gasteiger partial charge in [-0.3, -0.25) is 4.99 Å². The number of halogens is 1. The number of nitrogens with zero attached hydrogens (tertiary/aromatic N) is 1. The van der Waals surface area contributed by atoms with Crippen molar-refractivity contribution in [3.05, 3.63) is 23.1 Å². The van der Waals surface area contributed by atoms with Gasteiger partial charge in [0.05, 0.1) is 0 Å². The van der Waals surface area contributed by atoms with Crippen molar-refractivity contribution in [2.45, 2.75) is 13.8 Å². The van der Waals surface area contributed by atoms with Crippen molar-refractivity contribution >= 4 is 26.6 Å². The summed E-state index contributed by atoms with van der Waals surface area (Å²) in [6.07, 6.45) is 1.60. The number of rotatable bonds is 2. The molecule has 0 aliphatic carbocycles. The lowest BCUT2D eigenvalue weighted by Crippen LogP contribution is -1.85. The molecule has 0 saturated heterocycles. The van der Waals surface area contributed by atoms with Crippen LogP contribution >= 0.6 is 20.8 Å². The highest BCUT2D eigenvalue weighted by molar-refractivity contribution is 7.25. The van der Waals surface area contributed by atoms with E-state index >= 15 is 0 Å². The van der Waals surface area contributed by atoms with Crippen LogP contribution in [0.5, 0.6) is 0 Å².